The molecule has 0 atom stereocenters. The number of allylic oxidation sites excluding steroid dienone is 5. The van der Waals surface area contributed by atoms with Crippen LogP contribution in [0.3, 0.4) is 0 Å². The van der Waals surface area contributed by atoms with Gasteiger partial charge in [-0.25, -0.2) is 9.37 Å². The molecule has 1 N–H and O–H groups in total. The van der Waals surface area contributed by atoms with Gasteiger partial charge in [0.1, 0.15) is 11.5 Å². The minimum absolute atomic E-state index is 0.506. The van der Waals surface area contributed by atoms with Crippen LogP contribution in [-0.4, -0.2) is 14.5 Å². The van der Waals surface area contributed by atoms with Crippen molar-refractivity contribution in [3.05, 3.63) is 90.9 Å². The summed E-state index contributed by atoms with van der Waals surface area (Å²) in [7, 11) is 0. The lowest BCUT2D eigenvalue weighted by atomic mass is 10.1. The van der Waals surface area contributed by atoms with Gasteiger partial charge in [-0.15, -0.1) is 0 Å². The molecule has 0 unspecified atom stereocenters. The molecule has 27 heavy (non-hydrogen) atoms. The minimum atomic E-state index is -0.550. The van der Waals surface area contributed by atoms with Crippen LogP contribution in [0.2, 0.25) is 0 Å². The van der Waals surface area contributed by atoms with E-state index in [-0.39, 0.29) is 0 Å². The van der Waals surface area contributed by atoms with Gasteiger partial charge in [0.05, 0.1) is 5.69 Å². The summed E-state index contributed by atoms with van der Waals surface area (Å²) < 4.78 is 28.9. The molecule has 4 rings (SSSR count). The van der Waals surface area contributed by atoms with Crippen LogP contribution < -0.4 is 0 Å². The third kappa shape index (κ3) is 3.08. The average molecular weight is 361 g/mol. The molecule has 0 radical (unpaired) electrons. The van der Waals surface area contributed by atoms with Gasteiger partial charge < -0.3 is 4.98 Å². The Labute approximate surface area is 155 Å². The number of aromatic nitrogens is 3. The molecule has 5 heteroatoms. The number of hydrogen-bond acceptors (Lipinski definition) is 1. The van der Waals surface area contributed by atoms with Crippen molar-refractivity contribution in [2.75, 3.05) is 0 Å². The first-order valence-corrected chi connectivity index (χ1v) is 8.51. The Morgan fingerprint density at radius 1 is 1.11 bits per heavy atom. The molecule has 1 aromatic carbocycles. The first-order chi connectivity index (χ1) is 13.1. The maximum absolute atomic E-state index is 13.9. The second kappa shape index (κ2) is 6.68. The molecular weight excluding hydrogens is 344 g/mol. The molecule has 0 aliphatic heterocycles. The number of pyridine rings is 1. The summed E-state index contributed by atoms with van der Waals surface area (Å²) in [6, 6.07) is 12.8. The predicted octanol–water partition coefficient (Wildman–Crippen LogP) is 6.09. The number of rotatable bonds is 4. The van der Waals surface area contributed by atoms with E-state index in [9.17, 15) is 8.78 Å². The molecule has 0 bridgehead atoms. The van der Waals surface area contributed by atoms with Crippen molar-refractivity contribution in [1.29, 1.82) is 0 Å². The quantitative estimate of drug-likeness (QED) is 0.346. The Bertz CT molecular complexity index is 1230. The van der Waals surface area contributed by atoms with E-state index in [2.05, 4.69) is 16.5 Å². The highest BCUT2D eigenvalue weighted by Gasteiger charge is 2.15. The van der Waals surface area contributed by atoms with E-state index < -0.39 is 11.8 Å². The number of benzene rings is 1. The van der Waals surface area contributed by atoms with E-state index in [1.54, 1.807) is 12.1 Å². The second-order valence-electron chi connectivity index (χ2n) is 6.19. The van der Waals surface area contributed by atoms with Crippen molar-refractivity contribution in [1.82, 2.24) is 14.5 Å². The van der Waals surface area contributed by atoms with Crippen molar-refractivity contribution in [2.24, 2.45) is 0 Å². The number of nitrogens with one attached hydrogen (secondary N) is 1. The van der Waals surface area contributed by atoms with Crippen LogP contribution in [0.15, 0.2) is 79.3 Å². The molecule has 0 aliphatic carbocycles. The molecule has 0 amide bonds. The van der Waals surface area contributed by atoms with Gasteiger partial charge in [-0.1, -0.05) is 18.7 Å². The largest absolute Gasteiger partial charge is 0.361 e. The maximum atomic E-state index is 13.9. The van der Waals surface area contributed by atoms with Gasteiger partial charge in [0.25, 0.3) is 0 Å². The monoisotopic (exact) mass is 361 g/mol. The van der Waals surface area contributed by atoms with Gasteiger partial charge >= 0.3 is 0 Å². The van der Waals surface area contributed by atoms with Gasteiger partial charge in [0.2, 0.25) is 5.95 Å². The summed E-state index contributed by atoms with van der Waals surface area (Å²) in [6.07, 6.45) is 6.70. The number of fused-ring (bicyclic) bond motifs is 2. The van der Waals surface area contributed by atoms with Crippen LogP contribution in [0.25, 0.3) is 33.2 Å². The van der Waals surface area contributed by atoms with E-state index in [1.807, 2.05) is 54.1 Å². The van der Waals surface area contributed by atoms with Gasteiger partial charge in [-0.05, 0) is 61.0 Å². The lowest BCUT2D eigenvalue weighted by molar-refractivity contribution is 0.587. The van der Waals surface area contributed by atoms with Gasteiger partial charge in [0, 0.05) is 28.2 Å². The lowest BCUT2D eigenvalue weighted by Crippen LogP contribution is -2.01. The molecule has 0 aliphatic rings. The molecule has 0 spiro atoms. The van der Waals surface area contributed by atoms with Crippen molar-refractivity contribution < 1.29 is 8.78 Å². The van der Waals surface area contributed by atoms with Gasteiger partial charge in [-0.3, -0.25) is 4.57 Å². The summed E-state index contributed by atoms with van der Waals surface area (Å²) in [4.78, 5) is 7.26. The minimum Gasteiger partial charge on any atom is -0.361 e. The highest BCUT2D eigenvalue weighted by molar-refractivity contribution is 5.89. The fraction of sp³-hybridized carbons (Fsp3) is 0.0455. The van der Waals surface area contributed by atoms with E-state index in [4.69, 9.17) is 0 Å². The van der Waals surface area contributed by atoms with Crippen LogP contribution in [0.5, 0.6) is 0 Å². The molecule has 134 valence electrons. The summed E-state index contributed by atoms with van der Waals surface area (Å²) >= 11 is 0. The van der Waals surface area contributed by atoms with Crippen LogP contribution in [0, 0.1) is 5.95 Å². The van der Waals surface area contributed by atoms with E-state index in [0.29, 0.717) is 5.65 Å². The van der Waals surface area contributed by atoms with Crippen LogP contribution in [0.1, 0.15) is 12.6 Å². The molecule has 0 saturated carbocycles. The van der Waals surface area contributed by atoms with E-state index in [1.165, 1.54) is 12.1 Å². The Hall–Kier alpha value is -3.47. The SMILES string of the molecule is C=C(F)/C=C\C(=C/C)c1cc2ccc(F)nc2n1-c1ccc2[nH]ccc2c1. The first kappa shape index (κ1) is 17.0. The summed E-state index contributed by atoms with van der Waals surface area (Å²) in [5.74, 6) is -1.08. The third-order valence-corrected chi connectivity index (χ3v) is 4.46. The zero-order chi connectivity index (χ0) is 19.0. The summed E-state index contributed by atoms with van der Waals surface area (Å²) in [5, 5.41) is 1.83. The molecule has 3 aromatic heterocycles. The number of aromatic amines is 1. The number of nitrogens with zero attached hydrogens (tertiary/aromatic N) is 2. The normalized spacial score (nSPS) is 12.5. The molecule has 3 nitrogen and oxygen atoms in total. The Morgan fingerprint density at radius 2 is 1.96 bits per heavy atom. The predicted molar refractivity (Wildman–Crippen MR) is 106 cm³/mol. The number of hydrogen-bond donors (Lipinski definition) is 1. The molecule has 4 aromatic rings. The molecular formula is C22H17F2N3. The zero-order valence-corrected chi connectivity index (χ0v) is 14.7. The zero-order valence-electron chi connectivity index (χ0n) is 14.7. The fourth-order valence-electron chi connectivity index (χ4n) is 3.22. The second-order valence-corrected chi connectivity index (χ2v) is 6.19. The van der Waals surface area contributed by atoms with Crippen molar-refractivity contribution in [3.8, 4) is 5.69 Å². The van der Waals surface area contributed by atoms with Crippen LogP contribution >= 0.6 is 0 Å². The molecule has 3 heterocycles. The highest BCUT2D eigenvalue weighted by Crippen LogP contribution is 2.30. The van der Waals surface area contributed by atoms with Crippen molar-refractivity contribution in [2.45, 2.75) is 6.92 Å². The molecule has 0 saturated heterocycles. The number of H-pyrrole nitrogens is 1. The average Bonchev–Trinajstić information content (AvgIpc) is 3.25. The first-order valence-electron chi connectivity index (χ1n) is 8.51. The third-order valence-electron chi connectivity index (χ3n) is 4.46. The fourth-order valence-corrected chi connectivity index (χ4v) is 3.22. The van der Waals surface area contributed by atoms with Crippen molar-refractivity contribution in [3.63, 3.8) is 0 Å². The van der Waals surface area contributed by atoms with Crippen LogP contribution in [-0.2, 0) is 0 Å². The Morgan fingerprint density at radius 3 is 2.74 bits per heavy atom. The summed E-state index contributed by atoms with van der Waals surface area (Å²) in [6.45, 7) is 5.13. The van der Waals surface area contributed by atoms with Gasteiger partial charge in [-0.2, -0.15) is 4.39 Å². The Balaban J connectivity index is 2.01. The highest BCUT2D eigenvalue weighted by atomic mass is 19.1. The standard InChI is InChI=1S/C22H17F2N3/c1-3-15(5-4-14(2)23)20-13-17-6-9-21(24)26-22(17)27(20)18-7-8-19-16(12-18)10-11-25-19/h3-13,25H,2H2,1H3/b5-4-,15-3+. The topological polar surface area (TPSA) is 33.6 Å². The van der Waals surface area contributed by atoms with E-state index in [0.717, 1.165) is 33.2 Å². The lowest BCUT2D eigenvalue weighted by Gasteiger charge is -2.11. The van der Waals surface area contributed by atoms with Crippen molar-refractivity contribution >= 4 is 27.5 Å². The number of halogens is 2. The summed E-state index contributed by atoms with van der Waals surface area (Å²) in [5.41, 5.74) is 3.93. The van der Waals surface area contributed by atoms with Crippen LogP contribution in [0.4, 0.5) is 8.78 Å². The smallest absolute Gasteiger partial charge is 0.214 e. The van der Waals surface area contributed by atoms with E-state index >= 15 is 0 Å². The Kier molecular flexibility index (Phi) is 4.20. The van der Waals surface area contributed by atoms with Gasteiger partial charge in [0.15, 0.2) is 0 Å². The maximum Gasteiger partial charge on any atom is 0.214 e. The molecule has 0 fully saturated rings.